The van der Waals surface area contributed by atoms with Gasteiger partial charge in [-0.3, -0.25) is 4.79 Å². The molecule has 1 atom stereocenters. The molecule has 0 fully saturated rings. The third kappa shape index (κ3) is 3.65. The minimum atomic E-state index is -0.0260. The molecular formula is C17H14N4OS3. The number of nitrogens with zero attached hydrogens (tertiary/aromatic N) is 4. The summed E-state index contributed by atoms with van der Waals surface area (Å²) in [5.74, 6) is 0.245. The van der Waals surface area contributed by atoms with E-state index in [2.05, 4.69) is 27.2 Å². The number of amides is 1. The van der Waals surface area contributed by atoms with Gasteiger partial charge >= 0.3 is 0 Å². The topological polar surface area (TPSA) is 58.5 Å². The highest BCUT2D eigenvalue weighted by molar-refractivity contribution is 7.99. The van der Waals surface area contributed by atoms with Gasteiger partial charge in [0.05, 0.1) is 22.4 Å². The SMILES string of the molecule is O=C(CSc1ncccn1)N1N=C(c2cccs2)C[C@H]1c1cccs1. The minimum Gasteiger partial charge on any atom is -0.272 e. The Balaban J connectivity index is 1.54. The van der Waals surface area contributed by atoms with Crippen LogP contribution in [0.4, 0.5) is 0 Å². The predicted molar refractivity (Wildman–Crippen MR) is 102 cm³/mol. The molecule has 4 rings (SSSR count). The van der Waals surface area contributed by atoms with E-state index in [0.717, 1.165) is 21.9 Å². The Labute approximate surface area is 157 Å². The molecule has 0 radical (unpaired) electrons. The van der Waals surface area contributed by atoms with Gasteiger partial charge in [0, 0.05) is 23.7 Å². The Morgan fingerprint density at radius 3 is 2.68 bits per heavy atom. The average Bonchev–Trinajstić information content (AvgIpc) is 3.40. The van der Waals surface area contributed by atoms with Crippen molar-refractivity contribution < 1.29 is 4.79 Å². The van der Waals surface area contributed by atoms with Crippen LogP contribution in [0.1, 0.15) is 22.2 Å². The fourth-order valence-electron chi connectivity index (χ4n) is 2.59. The summed E-state index contributed by atoms with van der Waals surface area (Å²) in [6.45, 7) is 0. The van der Waals surface area contributed by atoms with Crippen molar-refractivity contribution in [2.75, 3.05) is 5.75 Å². The quantitative estimate of drug-likeness (QED) is 0.490. The van der Waals surface area contributed by atoms with Crippen LogP contribution in [0.5, 0.6) is 0 Å². The molecule has 0 N–H and O–H groups in total. The Morgan fingerprint density at radius 2 is 1.96 bits per heavy atom. The van der Waals surface area contributed by atoms with Crippen LogP contribution in [-0.2, 0) is 4.79 Å². The molecule has 0 aliphatic carbocycles. The van der Waals surface area contributed by atoms with E-state index in [1.165, 1.54) is 11.8 Å². The summed E-state index contributed by atoms with van der Waals surface area (Å²) in [7, 11) is 0. The Bertz CT molecular complexity index is 863. The lowest BCUT2D eigenvalue weighted by Gasteiger charge is -2.20. The van der Waals surface area contributed by atoms with Crippen molar-refractivity contribution in [3.05, 3.63) is 63.2 Å². The third-order valence-electron chi connectivity index (χ3n) is 3.71. The molecule has 5 nitrogen and oxygen atoms in total. The highest BCUT2D eigenvalue weighted by Gasteiger charge is 2.33. The van der Waals surface area contributed by atoms with E-state index in [0.29, 0.717) is 5.16 Å². The molecule has 0 unspecified atom stereocenters. The van der Waals surface area contributed by atoms with E-state index in [1.807, 2.05) is 22.9 Å². The van der Waals surface area contributed by atoms with Crippen LogP contribution in [0.2, 0.25) is 0 Å². The van der Waals surface area contributed by atoms with Crippen molar-refractivity contribution in [1.29, 1.82) is 0 Å². The van der Waals surface area contributed by atoms with Gasteiger partial charge in [-0.1, -0.05) is 23.9 Å². The van der Waals surface area contributed by atoms with Crippen molar-refractivity contribution in [2.24, 2.45) is 5.10 Å². The van der Waals surface area contributed by atoms with Gasteiger partial charge in [-0.25, -0.2) is 15.0 Å². The molecule has 0 spiro atoms. The first kappa shape index (κ1) is 16.4. The number of rotatable bonds is 5. The number of thioether (sulfide) groups is 1. The van der Waals surface area contributed by atoms with Gasteiger partial charge in [-0.05, 0) is 29.0 Å². The van der Waals surface area contributed by atoms with E-state index < -0.39 is 0 Å². The molecule has 8 heteroatoms. The Hall–Kier alpha value is -2.03. The van der Waals surface area contributed by atoms with Crippen LogP contribution in [0.3, 0.4) is 0 Å². The van der Waals surface area contributed by atoms with E-state index in [1.54, 1.807) is 46.1 Å². The highest BCUT2D eigenvalue weighted by Crippen LogP contribution is 2.36. The Morgan fingerprint density at radius 1 is 1.16 bits per heavy atom. The summed E-state index contributed by atoms with van der Waals surface area (Å²) in [6, 6.07) is 9.87. The van der Waals surface area contributed by atoms with Gasteiger partial charge < -0.3 is 0 Å². The summed E-state index contributed by atoms with van der Waals surface area (Å²) in [5.41, 5.74) is 0.975. The van der Waals surface area contributed by atoms with Crippen LogP contribution in [0.25, 0.3) is 0 Å². The van der Waals surface area contributed by atoms with Crippen LogP contribution in [0.15, 0.2) is 63.7 Å². The number of hydrogen-bond donors (Lipinski definition) is 0. The molecule has 25 heavy (non-hydrogen) atoms. The molecule has 3 aromatic heterocycles. The largest absolute Gasteiger partial charge is 0.272 e. The van der Waals surface area contributed by atoms with Gasteiger partial charge in [0.1, 0.15) is 0 Å². The summed E-state index contributed by atoms with van der Waals surface area (Å²) in [6.07, 6.45) is 4.10. The maximum absolute atomic E-state index is 12.8. The molecule has 1 aliphatic rings. The van der Waals surface area contributed by atoms with Crippen molar-refractivity contribution in [3.63, 3.8) is 0 Å². The first-order valence-corrected chi connectivity index (χ1v) is 10.4. The van der Waals surface area contributed by atoms with E-state index >= 15 is 0 Å². The van der Waals surface area contributed by atoms with Crippen molar-refractivity contribution in [2.45, 2.75) is 17.6 Å². The lowest BCUT2D eigenvalue weighted by atomic mass is 10.1. The van der Waals surface area contributed by atoms with Gasteiger partial charge in [-0.2, -0.15) is 5.10 Å². The third-order valence-corrected chi connectivity index (χ3v) is 6.46. The number of carbonyl (C=O) groups is 1. The normalized spacial score (nSPS) is 16.9. The number of thiophene rings is 2. The highest BCUT2D eigenvalue weighted by atomic mass is 32.2. The number of hydrogen-bond acceptors (Lipinski definition) is 7. The van der Waals surface area contributed by atoms with E-state index in [9.17, 15) is 4.79 Å². The fraction of sp³-hybridized carbons (Fsp3) is 0.176. The lowest BCUT2D eigenvalue weighted by Crippen LogP contribution is -2.28. The van der Waals surface area contributed by atoms with E-state index in [4.69, 9.17) is 0 Å². The Kier molecular flexibility index (Phi) is 4.91. The van der Waals surface area contributed by atoms with Gasteiger partial charge in [-0.15, -0.1) is 22.7 Å². The average molecular weight is 387 g/mol. The van der Waals surface area contributed by atoms with Crippen molar-refractivity contribution in [3.8, 4) is 0 Å². The number of aromatic nitrogens is 2. The van der Waals surface area contributed by atoms with E-state index in [-0.39, 0.29) is 17.7 Å². The molecule has 3 aromatic rings. The second-order valence-corrected chi connectivity index (χ2v) is 8.19. The molecule has 0 bridgehead atoms. The molecule has 126 valence electrons. The number of carbonyl (C=O) groups excluding carboxylic acids is 1. The van der Waals surface area contributed by atoms with Crippen molar-refractivity contribution in [1.82, 2.24) is 15.0 Å². The van der Waals surface area contributed by atoms with Crippen LogP contribution in [-0.4, -0.2) is 32.3 Å². The second kappa shape index (κ2) is 7.47. The van der Waals surface area contributed by atoms with Crippen molar-refractivity contribution >= 4 is 46.1 Å². The first-order valence-electron chi connectivity index (χ1n) is 7.68. The van der Waals surface area contributed by atoms with Gasteiger partial charge in [0.15, 0.2) is 5.16 Å². The summed E-state index contributed by atoms with van der Waals surface area (Å²) in [5, 5.41) is 10.9. The predicted octanol–water partition coefficient (Wildman–Crippen LogP) is 4.07. The zero-order chi connectivity index (χ0) is 17.1. The zero-order valence-electron chi connectivity index (χ0n) is 13.1. The summed E-state index contributed by atoms with van der Waals surface area (Å²) in [4.78, 5) is 23.4. The molecule has 0 saturated carbocycles. The lowest BCUT2D eigenvalue weighted by molar-refractivity contribution is -0.130. The van der Waals surface area contributed by atoms with Gasteiger partial charge in [0.2, 0.25) is 0 Å². The summed E-state index contributed by atoms with van der Waals surface area (Å²) < 4.78 is 0. The summed E-state index contributed by atoms with van der Waals surface area (Å²) >= 11 is 4.65. The fourth-order valence-corrected chi connectivity index (χ4v) is 4.78. The van der Waals surface area contributed by atoms with Crippen LogP contribution >= 0.6 is 34.4 Å². The maximum atomic E-state index is 12.8. The standard InChI is InChI=1S/C17H14N4OS3/c22-16(11-25-17-18-6-3-7-19-17)21-13(15-5-2-9-24-15)10-12(20-21)14-4-1-8-23-14/h1-9,13H,10-11H2/t13-/m0/s1. The van der Waals surface area contributed by atoms with Crippen LogP contribution < -0.4 is 0 Å². The molecular weight excluding hydrogens is 372 g/mol. The monoisotopic (exact) mass is 386 g/mol. The van der Waals surface area contributed by atoms with Crippen LogP contribution in [0, 0.1) is 0 Å². The molecule has 0 saturated heterocycles. The van der Waals surface area contributed by atoms with Gasteiger partial charge in [0.25, 0.3) is 5.91 Å². The second-order valence-electron chi connectivity index (χ2n) is 5.32. The molecule has 4 heterocycles. The molecule has 1 amide bonds. The maximum Gasteiger partial charge on any atom is 0.253 e. The molecule has 0 aromatic carbocycles. The smallest absolute Gasteiger partial charge is 0.253 e. The zero-order valence-corrected chi connectivity index (χ0v) is 15.6. The minimum absolute atomic E-state index is 0.0255. The first-order chi connectivity index (χ1) is 12.3. The molecule has 1 aliphatic heterocycles. The number of hydrazone groups is 1.